The molecule has 3 aromatic rings. The van der Waals surface area contributed by atoms with Crippen molar-refractivity contribution in [2.45, 2.75) is 46.1 Å². The van der Waals surface area contributed by atoms with E-state index in [0.29, 0.717) is 11.3 Å². The molecule has 31 heavy (non-hydrogen) atoms. The van der Waals surface area contributed by atoms with E-state index < -0.39 is 12.1 Å². The van der Waals surface area contributed by atoms with Crippen molar-refractivity contribution in [3.05, 3.63) is 82.7 Å². The highest BCUT2D eigenvalue weighted by molar-refractivity contribution is 6.01. The summed E-state index contributed by atoms with van der Waals surface area (Å²) in [5, 5.41) is 0. The lowest BCUT2D eigenvalue weighted by Gasteiger charge is -2.14. The van der Waals surface area contributed by atoms with Crippen LogP contribution in [0.2, 0.25) is 0 Å². The number of hydrogen-bond donors (Lipinski definition) is 0. The Morgan fingerprint density at radius 2 is 1.74 bits per heavy atom. The first kappa shape index (κ1) is 20.9. The Bertz CT molecular complexity index is 1110. The van der Waals surface area contributed by atoms with E-state index in [4.69, 9.17) is 9.47 Å². The van der Waals surface area contributed by atoms with Crippen molar-refractivity contribution in [3.63, 3.8) is 0 Å². The fraction of sp³-hybridized carbons (Fsp3) is 0.308. The summed E-state index contributed by atoms with van der Waals surface area (Å²) in [5.41, 5.74) is 5.95. The molecule has 1 heterocycles. The first-order valence-corrected chi connectivity index (χ1v) is 10.7. The van der Waals surface area contributed by atoms with Gasteiger partial charge in [0.25, 0.3) is 0 Å². The Morgan fingerprint density at radius 1 is 1.00 bits per heavy atom. The van der Waals surface area contributed by atoms with Gasteiger partial charge in [0.05, 0.1) is 0 Å². The maximum atomic E-state index is 13.0. The normalized spacial score (nSPS) is 13.5. The highest BCUT2D eigenvalue weighted by Crippen LogP contribution is 2.26. The topological polar surface area (TPSA) is 57.5 Å². The molecule has 4 rings (SSSR count). The molecule has 1 aromatic heterocycles. The summed E-state index contributed by atoms with van der Waals surface area (Å²) >= 11 is 0. The molecule has 0 saturated carbocycles. The van der Waals surface area contributed by atoms with Gasteiger partial charge in [0, 0.05) is 22.6 Å². The molecule has 0 unspecified atom stereocenters. The number of aryl methyl sites for hydroxylation is 3. The highest BCUT2D eigenvalue weighted by atomic mass is 16.6. The molecule has 0 spiro atoms. The van der Waals surface area contributed by atoms with Gasteiger partial charge in [-0.3, -0.25) is 4.79 Å². The zero-order valence-corrected chi connectivity index (χ0v) is 18.2. The first-order valence-electron chi connectivity index (χ1n) is 10.7. The maximum absolute atomic E-state index is 13.0. The molecule has 0 bridgehead atoms. The molecule has 5 nitrogen and oxygen atoms in total. The standard InChI is InChI=1S/C26H27NO4/c1-17-14-24(18(2)27(17)22-10-5-4-6-11-22)26(29)19(3)31-25(28)16-30-23-13-12-20-8-7-9-21(20)15-23/h4-6,10-15,19H,7-9,16H2,1-3H3/t19-/m1/s1. The van der Waals surface area contributed by atoms with Gasteiger partial charge < -0.3 is 14.0 Å². The van der Waals surface area contributed by atoms with E-state index in [9.17, 15) is 9.59 Å². The largest absolute Gasteiger partial charge is 0.482 e. The summed E-state index contributed by atoms with van der Waals surface area (Å²) in [6.45, 7) is 5.24. The summed E-state index contributed by atoms with van der Waals surface area (Å²) in [4.78, 5) is 25.2. The Balaban J connectivity index is 1.39. The lowest BCUT2D eigenvalue weighted by atomic mass is 10.1. The number of hydrogen-bond acceptors (Lipinski definition) is 4. The lowest BCUT2D eigenvalue weighted by molar-refractivity contribution is -0.148. The number of fused-ring (bicyclic) bond motifs is 1. The van der Waals surface area contributed by atoms with Gasteiger partial charge in [0.15, 0.2) is 12.7 Å². The van der Waals surface area contributed by atoms with Crippen LogP contribution < -0.4 is 4.74 Å². The number of benzene rings is 2. The maximum Gasteiger partial charge on any atom is 0.344 e. The van der Waals surface area contributed by atoms with E-state index in [-0.39, 0.29) is 12.4 Å². The monoisotopic (exact) mass is 417 g/mol. The molecule has 160 valence electrons. The number of ketones is 1. The molecule has 1 atom stereocenters. The first-order chi connectivity index (χ1) is 14.9. The molecule has 0 N–H and O–H groups in total. The molecular formula is C26H27NO4. The number of ether oxygens (including phenoxy) is 2. The van der Waals surface area contributed by atoms with E-state index in [1.807, 2.05) is 66.9 Å². The number of para-hydroxylation sites is 1. The van der Waals surface area contributed by atoms with Crippen molar-refractivity contribution >= 4 is 11.8 Å². The number of esters is 1. The van der Waals surface area contributed by atoms with Gasteiger partial charge in [0.1, 0.15) is 5.75 Å². The number of rotatable bonds is 7. The highest BCUT2D eigenvalue weighted by Gasteiger charge is 2.24. The van der Waals surface area contributed by atoms with Crippen LogP contribution in [0.3, 0.4) is 0 Å². The van der Waals surface area contributed by atoms with E-state index in [1.54, 1.807) is 6.92 Å². The van der Waals surface area contributed by atoms with E-state index in [2.05, 4.69) is 6.07 Å². The molecular weight excluding hydrogens is 390 g/mol. The van der Waals surface area contributed by atoms with Crippen molar-refractivity contribution in [1.82, 2.24) is 4.57 Å². The molecule has 0 aliphatic heterocycles. The average molecular weight is 418 g/mol. The SMILES string of the molecule is Cc1cc(C(=O)[C@@H](C)OC(=O)COc2ccc3c(c2)CCC3)c(C)n1-c1ccccc1. The van der Waals surface area contributed by atoms with Gasteiger partial charge in [0.2, 0.25) is 5.78 Å². The van der Waals surface area contributed by atoms with Crippen LogP contribution in [0, 0.1) is 13.8 Å². The van der Waals surface area contributed by atoms with E-state index in [0.717, 1.165) is 36.3 Å². The number of carbonyl (C=O) groups excluding carboxylic acids is 2. The Kier molecular flexibility index (Phi) is 5.94. The van der Waals surface area contributed by atoms with Crippen molar-refractivity contribution < 1.29 is 19.1 Å². The minimum Gasteiger partial charge on any atom is -0.482 e. The number of nitrogens with zero attached hydrogens (tertiary/aromatic N) is 1. The zero-order chi connectivity index (χ0) is 22.0. The fourth-order valence-corrected chi connectivity index (χ4v) is 4.27. The van der Waals surface area contributed by atoms with Gasteiger partial charge >= 0.3 is 5.97 Å². The van der Waals surface area contributed by atoms with Crippen LogP contribution in [0.15, 0.2) is 54.6 Å². The quantitative estimate of drug-likeness (QED) is 0.410. The van der Waals surface area contributed by atoms with E-state index in [1.165, 1.54) is 11.1 Å². The van der Waals surface area contributed by atoms with Crippen LogP contribution in [0.4, 0.5) is 0 Å². The number of Topliss-reactive ketones (excluding diaryl/α,β-unsaturated/α-hetero) is 1. The van der Waals surface area contributed by atoms with E-state index >= 15 is 0 Å². The van der Waals surface area contributed by atoms with Crippen LogP contribution in [-0.4, -0.2) is 29.0 Å². The van der Waals surface area contributed by atoms with Gasteiger partial charge in [-0.05, 0) is 81.5 Å². The Labute approximate surface area is 182 Å². The van der Waals surface area contributed by atoms with Crippen LogP contribution >= 0.6 is 0 Å². The average Bonchev–Trinajstić information content (AvgIpc) is 3.35. The number of carbonyl (C=O) groups is 2. The third kappa shape index (κ3) is 4.41. The third-order valence-corrected chi connectivity index (χ3v) is 5.82. The molecule has 1 aliphatic carbocycles. The molecule has 5 heteroatoms. The van der Waals surface area contributed by atoms with Gasteiger partial charge in [-0.1, -0.05) is 24.3 Å². The number of aromatic nitrogens is 1. The second kappa shape index (κ2) is 8.80. The summed E-state index contributed by atoms with van der Waals surface area (Å²) in [7, 11) is 0. The minimum atomic E-state index is -0.888. The van der Waals surface area contributed by atoms with Crippen LogP contribution in [0.5, 0.6) is 5.75 Å². The molecule has 0 amide bonds. The lowest BCUT2D eigenvalue weighted by Crippen LogP contribution is -2.27. The van der Waals surface area contributed by atoms with Gasteiger partial charge in [-0.2, -0.15) is 0 Å². The van der Waals surface area contributed by atoms with Crippen LogP contribution in [0.1, 0.15) is 46.2 Å². The second-order valence-electron chi connectivity index (χ2n) is 8.02. The van der Waals surface area contributed by atoms with Gasteiger partial charge in [-0.15, -0.1) is 0 Å². The molecule has 0 radical (unpaired) electrons. The van der Waals surface area contributed by atoms with Crippen molar-refractivity contribution in [3.8, 4) is 11.4 Å². The van der Waals surface area contributed by atoms with Crippen molar-refractivity contribution in [1.29, 1.82) is 0 Å². The Morgan fingerprint density at radius 3 is 2.52 bits per heavy atom. The molecule has 0 saturated heterocycles. The fourth-order valence-electron chi connectivity index (χ4n) is 4.27. The van der Waals surface area contributed by atoms with Crippen molar-refractivity contribution in [2.24, 2.45) is 0 Å². The zero-order valence-electron chi connectivity index (χ0n) is 18.2. The summed E-state index contributed by atoms with van der Waals surface area (Å²) in [6.07, 6.45) is 2.41. The van der Waals surface area contributed by atoms with Gasteiger partial charge in [-0.25, -0.2) is 4.79 Å². The van der Waals surface area contributed by atoms with Crippen LogP contribution in [-0.2, 0) is 22.4 Å². The molecule has 1 aliphatic rings. The summed E-state index contributed by atoms with van der Waals surface area (Å²) in [6, 6.07) is 17.6. The minimum absolute atomic E-state index is 0.221. The summed E-state index contributed by atoms with van der Waals surface area (Å²) < 4.78 is 13.0. The Hall–Kier alpha value is -3.34. The third-order valence-electron chi connectivity index (χ3n) is 5.82. The van der Waals surface area contributed by atoms with Crippen LogP contribution in [0.25, 0.3) is 5.69 Å². The predicted molar refractivity (Wildman–Crippen MR) is 119 cm³/mol. The smallest absolute Gasteiger partial charge is 0.344 e. The van der Waals surface area contributed by atoms with Crippen molar-refractivity contribution in [2.75, 3.05) is 6.61 Å². The molecule has 0 fully saturated rings. The second-order valence-corrected chi connectivity index (χ2v) is 8.02. The summed E-state index contributed by atoms with van der Waals surface area (Å²) in [5.74, 6) is -0.123. The predicted octanol–water partition coefficient (Wildman–Crippen LogP) is 4.78. The molecule has 2 aromatic carbocycles.